The molecule has 1 atom stereocenters. The fraction of sp³-hybridized carbons (Fsp3) is 0.222. The van der Waals surface area contributed by atoms with Crippen LogP contribution < -0.4 is 0 Å². The van der Waals surface area contributed by atoms with Gasteiger partial charge in [0.15, 0.2) is 0 Å². The number of halogens is 3. The number of nitriles is 1. The normalized spacial score (nSPS) is 12.6. The molecular weight excluding hydrogens is 377 g/mol. The highest BCUT2D eigenvalue weighted by molar-refractivity contribution is 7.99. The van der Waals surface area contributed by atoms with Crippen LogP contribution in [0.15, 0.2) is 45.9 Å². The third-order valence-electron chi connectivity index (χ3n) is 3.64. The van der Waals surface area contributed by atoms with Crippen molar-refractivity contribution in [3.63, 3.8) is 0 Å². The molecular formula is C18H13F3N4OS. The number of thioether (sulfide) groups is 1. The Hall–Kier alpha value is -2.86. The number of pyridine rings is 1. The number of aromatic nitrogens is 3. The molecule has 5 nitrogen and oxygen atoms in total. The standard InChI is InChI=1S/C18H13F3N4OS/c1-10-8-14(18(19,20)21)13(9-22)17(23-10)27-11(2)16-24-15(25-26-16)12-6-4-3-5-7-12/h3-8,11H,1-2H3. The van der Waals surface area contributed by atoms with Gasteiger partial charge in [0.2, 0.25) is 11.7 Å². The first kappa shape index (κ1) is 18.9. The van der Waals surface area contributed by atoms with Crippen molar-refractivity contribution in [3.05, 3.63) is 59.1 Å². The summed E-state index contributed by atoms with van der Waals surface area (Å²) < 4.78 is 44.9. The fourth-order valence-electron chi connectivity index (χ4n) is 2.38. The fourth-order valence-corrected chi connectivity index (χ4v) is 3.39. The van der Waals surface area contributed by atoms with Crippen LogP contribution in [-0.4, -0.2) is 15.1 Å². The van der Waals surface area contributed by atoms with Gasteiger partial charge < -0.3 is 4.52 Å². The van der Waals surface area contributed by atoms with E-state index >= 15 is 0 Å². The molecule has 0 N–H and O–H groups in total. The van der Waals surface area contributed by atoms with Gasteiger partial charge in [0.25, 0.3) is 0 Å². The lowest BCUT2D eigenvalue weighted by atomic mass is 10.1. The van der Waals surface area contributed by atoms with Gasteiger partial charge in [-0.1, -0.05) is 47.3 Å². The van der Waals surface area contributed by atoms with E-state index in [1.165, 1.54) is 6.92 Å². The summed E-state index contributed by atoms with van der Waals surface area (Å²) in [6, 6.07) is 11.6. The third-order valence-corrected chi connectivity index (χ3v) is 4.72. The Bertz CT molecular complexity index is 996. The van der Waals surface area contributed by atoms with Crippen LogP contribution in [0.25, 0.3) is 11.4 Å². The minimum absolute atomic E-state index is 0.0169. The molecule has 2 aromatic heterocycles. The zero-order chi connectivity index (χ0) is 19.6. The molecule has 0 aliphatic carbocycles. The maximum atomic E-state index is 13.2. The Morgan fingerprint density at radius 3 is 2.52 bits per heavy atom. The van der Waals surface area contributed by atoms with Crippen molar-refractivity contribution >= 4 is 11.8 Å². The number of aryl methyl sites for hydroxylation is 1. The number of alkyl halides is 3. The molecule has 0 aliphatic heterocycles. The quantitative estimate of drug-likeness (QED) is 0.571. The Labute approximate surface area is 157 Å². The molecule has 0 radical (unpaired) electrons. The predicted molar refractivity (Wildman–Crippen MR) is 92.7 cm³/mol. The van der Waals surface area contributed by atoms with Crippen molar-refractivity contribution in [3.8, 4) is 17.5 Å². The van der Waals surface area contributed by atoms with E-state index in [1.807, 2.05) is 30.3 Å². The number of rotatable bonds is 4. The van der Waals surface area contributed by atoms with E-state index in [4.69, 9.17) is 4.52 Å². The summed E-state index contributed by atoms with van der Waals surface area (Å²) in [7, 11) is 0. The van der Waals surface area contributed by atoms with Gasteiger partial charge in [0.05, 0.1) is 16.4 Å². The van der Waals surface area contributed by atoms with Crippen molar-refractivity contribution in [2.75, 3.05) is 0 Å². The first-order valence-electron chi connectivity index (χ1n) is 7.84. The average Bonchev–Trinajstić information content (AvgIpc) is 3.11. The van der Waals surface area contributed by atoms with Crippen LogP contribution in [0.1, 0.15) is 34.9 Å². The Kier molecular flexibility index (Phi) is 5.19. The van der Waals surface area contributed by atoms with Gasteiger partial charge >= 0.3 is 6.18 Å². The molecule has 0 spiro atoms. The lowest BCUT2D eigenvalue weighted by Gasteiger charge is -2.14. The van der Waals surface area contributed by atoms with E-state index < -0.39 is 22.6 Å². The molecule has 2 heterocycles. The van der Waals surface area contributed by atoms with E-state index in [2.05, 4.69) is 15.1 Å². The van der Waals surface area contributed by atoms with Crippen molar-refractivity contribution in [2.45, 2.75) is 30.3 Å². The van der Waals surface area contributed by atoms with E-state index in [1.54, 1.807) is 13.0 Å². The molecule has 0 bridgehead atoms. The highest BCUT2D eigenvalue weighted by atomic mass is 32.2. The van der Waals surface area contributed by atoms with Crippen molar-refractivity contribution < 1.29 is 17.7 Å². The summed E-state index contributed by atoms with van der Waals surface area (Å²) in [5.41, 5.74) is -0.572. The van der Waals surface area contributed by atoms with Gasteiger partial charge in [-0.2, -0.15) is 23.4 Å². The molecule has 0 aliphatic rings. The first-order chi connectivity index (χ1) is 12.8. The van der Waals surface area contributed by atoms with Crippen LogP contribution in [0.2, 0.25) is 0 Å². The van der Waals surface area contributed by atoms with Crippen LogP contribution in [0.5, 0.6) is 0 Å². The summed E-state index contributed by atoms with van der Waals surface area (Å²) in [4.78, 5) is 8.39. The second-order valence-corrected chi connectivity index (χ2v) is 7.01. The minimum Gasteiger partial charge on any atom is -0.338 e. The molecule has 1 unspecified atom stereocenters. The largest absolute Gasteiger partial charge is 0.417 e. The molecule has 0 saturated carbocycles. The highest BCUT2D eigenvalue weighted by Crippen LogP contribution is 2.40. The van der Waals surface area contributed by atoms with Crippen molar-refractivity contribution in [1.29, 1.82) is 5.26 Å². The number of benzene rings is 1. The summed E-state index contributed by atoms with van der Waals surface area (Å²) in [6.07, 6.45) is -4.64. The number of nitrogens with zero attached hydrogens (tertiary/aromatic N) is 4. The number of hydrogen-bond acceptors (Lipinski definition) is 6. The van der Waals surface area contributed by atoms with Gasteiger partial charge in [0, 0.05) is 11.3 Å². The van der Waals surface area contributed by atoms with E-state index in [0.717, 1.165) is 23.4 Å². The third kappa shape index (κ3) is 4.11. The molecule has 9 heteroatoms. The topological polar surface area (TPSA) is 75.6 Å². The molecule has 1 aromatic carbocycles. The van der Waals surface area contributed by atoms with Crippen LogP contribution >= 0.6 is 11.8 Å². The molecule has 0 fully saturated rings. The zero-order valence-corrected chi connectivity index (χ0v) is 15.1. The van der Waals surface area contributed by atoms with Gasteiger partial charge in [-0.3, -0.25) is 0 Å². The summed E-state index contributed by atoms with van der Waals surface area (Å²) in [5.74, 6) is 0.617. The smallest absolute Gasteiger partial charge is 0.338 e. The van der Waals surface area contributed by atoms with Crippen LogP contribution in [-0.2, 0) is 6.18 Å². The van der Waals surface area contributed by atoms with Gasteiger partial charge in [0.1, 0.15) is 11.1 Å². The van der Waals surface area contributed by atoms with E-state index in [0.29, 0.717) is 5.82 Å². The lowest BCUT2D eigenvalue weighted by molar-refractivity contribution is -0.138. The van der Waals surface area contributed by atoms with Gasteiger partial charge in [-0.25, -0.2) is 4.98 Å². The maximum Gasteiger partial charge on any atom is 0.417 e. The van der Waals surface area contributed by atoms with Gasteiger partial charge in [-0.05, 0) is 19.9 Å². The van der Waals surface area contributed by atoms with Crippen LogP contribution in [0.3, 0.4) is 0 Å². The maximum absolute atomic E-state index is 13.2. The molecule has 138 valence electrons. The van der Waals surface area contributed by atoms with Crippen LogP contribution in [0, 0.1) is 18.3 Å². The SMILES string of the molecule is Cc1cc(C(F)(F)F)c(C#N)c(SC(C)c2nc(-c3ccccc3)no2)n1. The molecule has 3 rings (SSSR count). The van der Waals surface area contributed by atoms with Crippen molar-refractivity contribution in [2.24, 2.45) is 0 Å². The second-order valence-electron chi connectivity index (χ2n) is 5.68. The molecule has 0 saturated heterocycles. The molecule has 0 amide bonds. The number of hydrogen-bond donors (Lipinski definition) is 0. The Morgan fingerprint density at radius 1 is 1.19 bits per heavy atom. The van der Waals surface area contributed by atoms with Crippen LogP contribution in [0.4, 0.5) is 13.2 Å². The molecule has 3 aromatic rings. The lowest BCUT2D eigenvalue weighted by Crippen LogP contribution is -2.11. The average molecular weight is 390 g/mol. The van der Waals surface area contributed by atoms with E-state index in [-0.39, 0.29) is 16.6 Å². The van der Waals surface area contributed by atoms with E-state index in [9.17, 15) is 18.4 Å². The predicted octanol–water partition coefficient (Wildman–Crippen LogP) is 5.18. The zero-order valence-electron chi connectivity index (χ0n) is 14.3. The monoisotopic (exact) mass is 390 g/mol. The second kappa shape index (κ2) is 7.40. The highest BCUT2D eigenvalue weighted by Gasteiger charge is 2.36. The van der Waals surface area contributed by atoms with Gasteiger partial charge in [-0.15, -0.1) is 0 Å². The Morgan fingerprint density at radius 2 is 1.89 bits per heavy atom. The first-order valence-corrected chi connectivity index (χ1v) is 8.72. The molecule has 27 heavy (non-hydrogen) atoms. The summed E-state index contributed by atoms with van der Waals surface area (Å²) >= 11 is 0.971. The Balaban J connectivity index is 1.91. The summed E-state index contributed by atoms with van der Waals surface area (Å²) in [6.45, 7) is 3.15. The van der Waals surface area contributed by atoms with Crippen molar-refractivity contribution in [1.82, 2.24) is 15.1 Å². The minimum atomic E-state index is -4.64. The summed E-state index contributed by atoms with van der Waals surface area (Å²) in [5, 5.41) is 12.6.